The van der Waals surface area contributed by atoms with Gasteiger partial charge in [0.1, 0.15) is 23.1 Å². The number of nitrogens with zero attached hydrogens (tertiary/aromatic N) is 5. The van der Waals surface area contributed by atoms with E-state index in [1.54, 1.807) is 24.6 Å². The van der Waals surface area contributed by atoms with Crippen molar-refractivity contribution < 1.29 is 9.53 Å². The van der Waals surface area contributed by atoms with E-state index in [0.29, 0.717) is 5.02 Å². The molecule has 0 aliphatic heterocycles. The maximum absolute atomic E-state index is 13.0. The van der Waals surface area contributed by atoms with Gasteiger partial charge in [-0.15, -0.1) is 11.3 Å². The highest BCUT2D eigenvalue weighted by Crippen LogP contribution is 2.44. The Balaban J connectivity index is 1.53. The van der Waals surface area contributed by atoms with Crippen LogP contribution in [0.2, 0.25) is 5.02 Å². The molecule has 0 spiro atoms. The van der Waals surface area contributed by atoms with Gasteiger partial charge < -0.3 is 4.74 Å². The van der Waals surface area contributed by atoms with Crippen molar-refractivity contribution in [2.45, 2.75) is 46.3 Å². The molecule has 6 rings (SSSR count). The molecular weight excluding hydrogens is 566 g/mol. The van der Waals surface area contributed by atoms with Crippen LogP contribution in [0.15, 0.2) is 67.1 Å². The van der Waals surface area contributed by atoms with E-state index in [1.165, 1.54) is 0 Å². The molecule has 9 heteroatoms. The summed E-state index contributed by atoms with van der Waals surface area (Å²) >= 11 is 7.81. The van der Waals surface area contributed by atoms with Crippen LogP contribution in [0, 0.1) is 6.92 Å². The zero-order valence-electron chi connectivity index (χ0n) is 24.3. The highest BCUT2D eigenvalue weighted by Gasteiger charge is 2.30. The van der Waals surface area contributed by atoms with Crippen LogP contribution in [-0.4, -0.2) is 36.1 Å². The molecule has 0 N–H and O–H groups in total. The largest absolute Gasteiger partial charge is 0.360 e. The van der Waals surface area contributed by atoms with Crippen LogP contribution in [0.1, 0.15) is 44.9 Å². The summed E-state index contributed by atoms with van der Waals surface area (Å²) in [4.78, 5) is 27.2. The fourth-order valence-corrected chi connectivity index (χ4v) is 6.43. The molecule has 42 heavy (non-hydrogen) atoms. The first-order valence-electron chi connectivity index (χ1n) is 13.6. The van der Waals surface area contributed by atoms with Crippen LogP contribution in [0.3, 0.4) is 0 Å². The summed E-state index contributed by atoms with van der Waals surface area (Å²) in [5.41, 5.74) is 7.50. The third-order valence-electron chi connectivity index (χ3n) is 7.09. The highest BCUT2D eigenvalue weighted by atomic mass is 35.5. The van der Waals surface area contributed by atoms with Gasteiger partial charge >= 0.3 is 0 Å². The molecule has 3 aromatic carbocycles. The van der Waals surface area contributed by atoms with E-state index in [-0.39, 0.29) is 5.78 Å². The summed E-state index contributed by atoms with van der Waals surface area (Å²) < 4.78 is 9.17. The third kappa shape index (κ3) is 5.33. The molecule has 0 aliphatic carbocycles. The SMILES string of the molecule is CC(=O)[C@@H](OC(C)(C)C)c1c(C)cc2nc(-c3cc(-c4ccc5c(cnn5C)c4)ncn3)sc2c1-c1ccc(Cl)cc1. The van der Waals surface area contributed by atoms with E-state index in [0.717, 1.165) is 65.3 Å². The standard InChI is InChI=1S/C33H30ClN5O2S/c1-18-13-25-31(29(20-7-10-23(34)11-8-20)28(18)30(19(2)40)41-33(3,4)5)42-32(38-25)26-15-24(35-17-36-26)21-9-12-27-22(14-21)16-37-39(27)6/h7-17,30H,1-6H3/t30-/m1/s1. The summed E-state index contributed by atoms with van der Waals surface area (Å²) in [6.07, 6.45) is 2.69. The molecule has 0 saturated heterocycles. The lowest BCUT2D eigenvalue weighted by molar-refractivity contribution is -0.138. The summed E-state index contributed by atoms with van der Waals surface area (Å²) in [6, 6.07) is 17.8. The van der Waals surface area contributed by atoms with E-state index < -0.39 is 11.7 Å². The predicted octanol–water partition coefficient (Wildman–Crippen LogP) is 8.38. The Morgan fingerprint density at radius 1 is 1.00 bits per heavy atom. The van der Waals surface area contributed by atoms with Crippen LogP contribution in [0.25, 0.3) is 54.2 Å². The molecular formula is C33H30ClN5O2S. The van der Waals surface area contributed by atoms with Crippen molar-refractivity contribution in [3.8, 4) is 33.1 Å². The predicted molar refractivity (Wildman–Crippen MR) is 170 cm³/mol. The molecule has 0 bridgehead atoms. The maximum atomic E-state index is 13.0. The van der Waals surface area contributed by atoms with Crippen molar-refractivity contribution in [2.75, 3.05) is 0 Å². The Hall–Kier alpha value is -3.98. The molecule has 3 aromatic heterocycles. The van der Waals surface area contributed by atoms with Gasteiger partial charge in [0, 0.05) is 34.1 Å². The van der Waals surface area contributed by atoms with Crippen molar-refractivity contribution >= 4 is 49.8 Å². The van der Waals surface area contributed by atoms with E-state index in [9.17, 15) is 4.79 Å². The summed E-state index contributed by atoms with van der Waals surface area (Å²) in [5.74, 6) is -0.0571. The van der Waals surface area contributed by atoms with Crippen molar-refractivity contribution in [3.63, 3.8) is 0 Å². The lowest BCUT2D eigenvalue weighted by atomic mass is 9.90. The van der Waals surface area contributed by atoms with Gasteiger partial charge in [-0.2, -0.15) is 5.10 Å². The van der Waals surface area contributed by atoms with Crippen molar-refractivity contribution in [1.82, 2.24) is 24.7 Å². The molecule has 0 unspecified atom stereocenters. The van der Waals surface area contributed by atoms with Gasteiger partial charge in [0.15, 0.2) is 5.78 Å². The molecule has 6 aromatic rings. The first-order chi connectivity index (χ1) is 20.0. The van der Waals surface area contributed by atoms with Gasteiger partial charge in [-0.1, -0.05) is 29.8 Å². The maximum Gasteiger partial charge on any atom is 0.163 e. The molecule has 0 amide bonds. The second kappa shape index (κ2) is 10.7. The zero-order valence-corrected chi connectivity index (χ0v) is 25.8. The molecule has 0 fully saturated rings. The summed E-state index contributed by atoms with van der Waals surface area (Å²) in [6.45, 7) is 9.47. The Kier molecular flexibility index (Phi) is 7.17. The first-order valence-corrected chi connectivity index (χ1v) is 14.8. The minimum atomic E-state index is -0.737. The number of thiazole rings is 1. The van der Waals surface area contributed by atoms with Crippen molar-refractivity contribution in [3.05, 3.63) is 83.3 Å². The number of hydrogen-bond acceptors (Lipinski definition) is 7. The summed E-state index contributed by atoms with van der Waals surface area (Å²) in [7, 11) is 1.93. The zero-order chi connectivity index (χ0) is 29.8. The second-order valence-corrected chi connectivity index (χ2v) is 12.8. The number of hydrogen-bond donors (Lipinski definition) is 0. The lowest BCUT2D eigenvalue weighted by Crippen LogP contribution is -2.27. The van der Waals surface area contributed by atoms with Crippen LogP contribution in [-0.2, 0) is 16.6 Å². The van der Waals surface area contributed by atoms with E-state index in [1.807, 2.05) is 94.2 Å². The molecule has 7 nitrogen and oxygen atoms in total. The molecule has 212 valence electrons. The molecule has 1 atom stereocenters. The Bertz CT molecular complexity index is 1970. The van der Waals surface area contributed by atoms with Gasteiger partial charge in [-0.3, -0.25) is 9.48 Å². The van der Waals surface area contributed by atoms with Gasteiger partial charge in [-0.05, 0) is 82.1 Å². The van der Waals surface area contributed by atoms with Gasteiger partial charge in [0.05, 0.1) is 33.2 Å². The third-order valence-corrected chi connectivity index (χ3v) is 8.45. The van der Waals surface area contributed by atoms with Crippen molar-refractivity contribution in [2.24, 2.45) is 7.05 Å². The number of carbonyl (C=O) groups is 1. The minimum absolute atomic E-state index is 0.0571. The average molecular weight is 596 g/mol. The topological polar surface area (TPSA) is 82.8 Å². The number of benzene rings is 3. The molecule has 0 aliphatic rings. The van der Waals surface area contributed by atoms with Crippen LogP contribution < -0.4 is 0 Å². The quantitative estimate of drug-likeness (QED) is 0.192. The average Bonchev–Trinajstić information content (AvgIpc) is 3.54. The van der Waals surface area contributed by atoms with Gasteiger partial charge in [0.25, 0.3) is 0 Å². The normalized spacial score (nSPS) is 12.7. The van der Waals surface area contributed by atoms with Gasteiger partial charge in [0.2, 0.25) is 0 Å². The number of carbonyl (C=O) groups excluding carboxylic acids is 1. The van der Waals surface area contributed by atoms with E-state index in [2.05, 4.69) is 21.1 Å². The Morgan fingerprint density at radius 3 is 2.43 bits per heavy atom. The number of ketones is 1. The fraction of sp³-hybridized carbons (Fsp3) is 0.242. The van der Waals surface area contributed by atoms with Crippen LogP contribution in [0.4, 0.5) is 0 Å². The van der Waals surface area contributed by atoms with E-state index in [4.69, 9.17) is 21.3 Å². The second-order valence-electron chi connectivity index (χ2n) is 11.4. The van der Waals surface area contributed by atoms with Crippen LogP contribution >= 0.6 is 22.9 Å². The number of aromatic nitrogens is 5. The molecule has 3 heterocycles. The monoisotopic (exact) mass is 595 g/mol. The number of fused-ring (bicyclic) bond motifs is 2. The fourth-order valence-electron chi connectivity index (χ4n) is 5.22. The number of rotatable bonds is 6. The Morgan fingerprint density at radius 2 is 1.71 bits per heavy atom. The van der Waals surface area contributed by atoms with E-state index >= 15 is 0 Å². The number of ether oxygens (including phenoxy) is 1. The minimum Gasteiger partial charge on any atom is -0.360 e. The number of aryl methyl sites for hydroxylation is 2. The molecule has 0 radical (unpaired) electrons. The smallest absolute Gasteiger partial charge is 0.163 e. The van der Waals surface area contributed by atoms with Gasteiger partial charge in [-0.25, -0.2) is 15.0 Å². The highest BCUT2D eigenvalue weighted by molar-refractivity contribution is 7.22. The Labute approximate surface area is 253 Å². The lowest BCUT2D eigenvalue weighted by Gasteiger charge is -2.29. The molecule has 0 saturated carbocycles. The van der Waals surface area contributed by atoms with Crippen molar-refractivity contribution in [1.29, 1.82) is 0 Å². The first kappa shape index (κ1) is 28.2. The summed E-state index contributed by atoms with van der Waals surface area (Å²) in [5, 5.41) is 6.80. The van der Waals surface area contributed by atoms with Crippen LogP contribution in [0.5, 0.6) is 0 Å². The number of Topliss-reactive ketones (excluding diaryl/α,β-unsaturated/α-hetero) is 1. The number of halogens is 1.